The first kappa shape index (κ1) is 17.2. The minimum Gasteiger partial charge on any atom is -0.360 e. The lowest BCUT2D eigenvalue weighted by molar-refractivity contribution is -0.135. The van der Waals surface area contributed by atoms with Crippen LogP contribution in [-0.4, -0.2) is 17.0 Å². The molecule has 0 unspecified atom stereocenters. The largest absolute Gasteiger partial charge is 0.360 e. The molecule has 122 valence electrons. The standard InChI is InChI=1S/C16H18BrN3O3/c1-9-7-11(5-6-12(9)17)18-14(21)16(3,4)15(22)19-13-8-10(2)23-20-13/h5-8H,1-4H3,(H,18,21)(H,19,20,22). The first-order valence-corrected chi connectivity index (χ1v) is 7.82. The third-order valence-corrected chi connectivity index (χ3v) is 4.31. The van der Waals surface area contributed by atoms with Crippen molar-refractivity contribution in [3.8, 4) is 0 Å². The Morgan fingerprint density at radius 3 is 2.35 bits per heavy atom. The van der Waals surface area contributed by atoms with Gasteiger partial charge in [-0.15, -0.1) is 0 Å². The number of nitrogens with one attached hydrogen (secondary N) is 2. The van der Waals surface area contributed by atoms with E-state index in [1.165, 1.54) is 0 Å². The van der Waals surface area contributed by atoms with Crippen LogP contribution in [0.25, 0.3) is 0 Å². The highest BCUT2D eigenvalue weighted by molar-refractivity contribution is 9.10. The second-order valence-electron chi connectivity index (χ2n) is 5.82. The van der Waals surface area contributed by atoms with Gasteiger partial charge in [-0.3, -0.25) is 9.59 Å². The highest BCUT2D eigenvalue weighted by atomic mass is 79.9. The average Bonchev–Trinajstić information content (AvgIpc) is 2.88. The van der Waals surface area contributed by atoms with E-state index in [2.05, 4.69) is 31.7 Å². The molecule has 0 saturated heterocycles. The van der Waals surface area contributed by atoms with Gasteiger partial charge >= 0.3 is 0 Å². The minimum absolute atomic E-state index is 0.285. The van der Waals surface area contributed by atoms with Crippen LogP contribution in [0.3, 0.4) is 0 Å². The van der Waals surface area contributed by atoms with Crippen molar-refractivity contribution >= 4 is 39.2 Å². The summed E-state index contributed by atoms with van der Waals surface area (Å²) < 4.78 is 5.84. The van der Waals surface area contributed by atoms with E-state index in [1.54, 1.807) is 32.9 Å². The summed E-state index contributed by atoms with van der Waals surface area (Å²) in [5.74, 6) is -0.00479. The Labute approximate surface area is 142 Å². The van der Waals surface area contributed by atoms with Gasteiger partial charge in [0, 0.05) is 16.2 Å². The van der Waals surface area contributed by atoms with Gasteiger partial charge in [0.1, 0.15) is 11.2 Å². The van der Waals surface area contributed by atoms with E-state index >= 15 is 0 Å². The van der Waals surface area contributed by atoms with Crippen molar-refractivity contribution in [1.29, 1.82) is 0 Å². The molecule has 2 N–H and O–H groups in total. The fraction of sp³-hybridized carbons (Fsp3) is 0.312. The maximum absolute atomic E-state index is 12.4. The molecule has 2 amide bonds. The summed E-state index contributed by atoms with van der Waals surface area (Å²) in [6.45, 7) is 6.74. The van der Waals surface area contributed by atoms with Crippen LogP contribution in [0.1, 0.15) is 25.2 Å². The Morgan fingerprint density at radius 1 is 1.13 bits per heavy atom. The van der Waals surface area contributed by atoms with Gasteiger partial charge in [-0.2, -0.15) is 0 Å². The van der Waals surface area contributed by atoms with E-state index in [4.69, 9.17) is 4.52 Å². The quantitative estimate of drug-likeness (QED) is 0.793. The number of aryl methyl sites for hydroxylation is 2. The molecule has 0 aliphatic carbocycles. The van der Waals surface area contributed by atoms with E-state index in [-0.39, 0.29) is 5.82 Å². The lowest BCUT2D eigenvalue weighted by Crippen LogP contribution is -2.41. The number of carbonyl (C=O) groups excluding carboxylic acids is 2. The smallest absolute Gasteiger partial charge is 0.240 e. The second kappa shape index (κ2) is 6.54. The number of benzene rings is 1. The van der Waals surface area contributed by atoms with Crippen molar-refractivity contribution in [1.82, 2.24) is 5.16 Å². The molecule has 2 aromatic rings. The van der Waals surface area contributed by atoms with Crippen LogP contribution in [0, 0.1) is 19.3 Å². The molecule has 0 spiro atoms. The number of anilines is 2. The zero-order valence-corrected chi connectivity index (χ0v) is 14.9. The van der Waals surface area contributed by atoms with Gasteiger partial charge in [-0.05, 0) is 51.5 Å². The van der Waals surface area contributed by atoms with Gasteiger partial charge in [0.05, 0.1) is 0 Å². The Kier molecular flexibility index (Phi) is 4.89. The number of carbonyl (C=O) groups is 2. The van der Waals surface area contributed by atoms with Gasteiger partial charge in [-0.1, -0.05) is 21.1 Å². The fourth-order valence-corrected chi connectivity index (χ4v) is 2.06. The minimum atomic E-state index is -1.27. The normalized spacial score (nSPS) is 11.2. The Morgan fingerprint density at radius 2 is 1.78 bits per heavy atom. The number of halogens is 1. The summed E-state index contributed by atoms with van der Waals surface area (Å²) in [7, 11) is 0. The summed E-state index contributed by atoms with van der Waals surface area (Å²) in [6.07, 6.45) is 0. The SMILES string of the molecule is Cc1cc(NC(=O)C(C)(C)C(=O)Nc2ccc(Br)c(C)c2)no1. The van der Waals surface area contributed by atoms with E-state index < -0.39 is 17.2 Å². The Balaban J connectivity index is 2.09. The molecule has 1 heterocycles. The van der Waals surface area contributed by atoms with Gasteiger partial charge in [0.25, 0.3) is 0 Å². The molecular weight excluding hydrogens is 362 g/mol. The summed E-state index contributed by atoms with van der Waals surface area (Å²) in [5.41, 5.74) is 0.352. The van der Waals surface area contributed by atoms with Crippen molar-refractivity contribution in [3.05, 3.63) is 40.1 Å². The van der Waals surface area contributed by atoms with Crippen molar-refractivity contribution in [3.63, 3.8) is 0 Å². The molecule has 0 radical (unpaired) electrons. The molecule has 2 rings (SSSR count). The summed E-state index contributed by atoms with van der Waals surface area (Å²) in [4.78, 5) is 24.8. The van der Waals surface area contributed by atoms with Crippen molar-refractivity contribution in [2.24, 2.45) is 5.41 Å². The topological polar surface area (TPSA) is 84.2 Å². The van der Waals surface area contributed by atoms with Crippen molar-refractivity contribution in [2.75, 3.05) is 10.6 Å². The summed E-state index contributed by atoms with van der Waals surface area (Å²) in [6, 6.07) is 7.03. The highest BCUT2D eigenvalue weighted by Crippen LogP contribution is 2.24. The molecule has 0 aliphatic heterocycles. The van der Waals surface area contributed by atoms with E-state index in [0.717, 1.165) is 10.0 Å². The summed E-state index contributed by atoms with van der Waals surface area (Å²) in [5, 5.41) is 9.03. The van der Waals surface area contributed by atoms with E-state index in [1.807, 2.05) is 19.1 Å². The van der Waals surface area contributed by atoms with Crippen LogP contribution in [0.15, 0.2) is 33.3 Å². The predicted molar refractivity (Wildman–Crippen MR) is 91.2 cm³/mol. The zero-order chi connectivity index (χ0) is 17.2. The average molecular weight is 380 g/mol. The molecule has 6 nitrogen and oxygen atoms in total. The molecule has 0 aliphatic rings. The lowest BCUT2D eigenvalue weighted by Gasteiger charge is -2.22. The van der Waals surface area contributed by atoms with Crippen LogP contribution in [0.5, 0.6) is 0 Å². The van der Waals surface area contributed by atoms with Gasteiger partial charge in [-0.25, -0.2) is 0 Å². The third-order valence-electron chi connectivity index (χ3n) is 3.42. The number of amides is 2. The molecule has 7 heteroatoms. The first-order valence-electron chi connectivity index (χ1n) is 7.02. The molecule has 1 aromatic carbocycles. The number of hydrogen-bond acceptors (Lipinski definition) is 4. The maximum atomic E-state index is 12.4. The number of rotatable bonds is 4. The maximum Gasteiger partial charge on any atom is 0.240 e. The number of hydrogen-bond donors (Lipinski definition) is 2. The number of nitrogens with zero attached hydrogens (tertiary/aromatic N) is 1. The molecular formula is C16H18BrN3O3. The molecule has 0 fully saturated rings. The van der Waals surface area contributed by atoms with Crippen LogP contribution >= 0.6 is 15.9 Å². The first-order chi connectivity index (χ1) is 10.7. The number of aromatic nitrogens is 1. The highest BCUT2D eigenvalue weighted by Gasteiger charge is 2.36. The molecule has 0 saturated carbocycles. The van der Waals surface area contributed by atoms with Crippen LogP contribution in [0.2, 0.25) is 0 Å². The third kappa shape index (κ3) is 3.98. The van der Waals surface area contributed by atoms with Gasteiger partial charge < -0.3 is 15.2 Å². The van der Waals surface area contributed by atoms with E-state index in [9.17, 15) is 9.59 Å². The van der Waals surface area contributed by atoms with Crippen molar-refractivity contribution in [2.45, 2.75) is 27.7 Å². The zero-order valence-electron chi connectivity index (χ0n) is 13.4. The predicted octanol–water partition coefficient (Wildman–Crippen LogP) is 3.66. The molecule has 0 atom stereocenters. The monoisotopic (exact) mass is 379 g/mol. The Hall–Kier alpha value is -2.15. The fourth-order valence-electron chi connectivity index (χ4n) is 1.81. The van der Waals surface area contributed by atoms with Gasteiger partial charge in [0.2, 0.25) is 11.8 Å². The molecule has 1 aromatic heterocycles. The van der Waals surface area contributed by atoms with Crippen LogP contribution in [0.4, 0.5) is 11.5 Å². The molecule has 0 bridgehead atoms. The molecule has 23 heavy (non-hydrogen) atoms. The van der Waals surface area contributed by atoms with Crippen molar-refractivity contribution < 1.29 is 14.1 Å². The van der Waals surface area contributed by atoms with Crippen LogP contribution in [-0.2, 0) is 9.59 Å². The second-order valence-corrected chi connectivity index (χ2v) is 6.67. The van der Waals surface area contributed by atoms with Crippen LogP contribution < -0.4 is 10.6 Å². The van der Waals surface area contributed by atoms with Gasteiger partial charge in [0.15, 0.2) is 5.82 Å². The Bertz CT molecular complexity index is 753. The summed E-state index contributed by atoms with van der Waals surface area (Å²) >= 11 is 3.40. The van der Waals surface area contributed by atoms with E-state index in [0.29, 0.717) is 11.4 Å². The lowest BCUT2D eigenvalue weighted by atomic mass is 9.91.